The van der Waals surface area contributed by atoms with Crippen LogP contribution in [0.15, 0.2) is 53.5 Å². The van der Waals surface area contributed by atoms with Gasteiger partial charge in [-0.05, 0) is 24.3 Å². The molecular weight excluding hydrogens is 406 g/mol. The van der Waals surface area contributed by atoms with Gasteiger partial charge < -0.3 is 19.5 Å². The number of fused-ring (bicyclic) bond motifs is 1. The number of rotatable bonds is 5. The second-order valence-electron chi connectivity index (χ2n) is 6.61. The minimum atomic E-state index is 0.219. The van der Waals surface area contributed by atoms with Gasteiger partial charge in [0.2, 0.25) is 0 Å². The molecule has 9 nitrogen and oxygen atoms in total. The second-order valence-corrected chi connectivity index (χ2v) is 7.04. The molecule has 0 fully saturated rings. The molecule has 2 N–H and O–H groups in total. The standard InChI is InChI=1S/C20H16ClN7O2/c1-28-10-12(8-24-28)11-5-14-15(9-23-18(14)22-7-11)19-26-27-20(30-19)25-16-6-13(21)3-4-17(16)29-2/h3-10H,1-2H3,(H,22,23)(H,25,27). The van der Waals surface area contributed by atoms with Gasteiger partial charge in [-0.3, -0.25) is 4.68 Å². The number of hydrogen-bond donors (Lipinski definition) is 2. The highest BCUT2D eigenvalue weighted by Gasteiger charge is 2.16. The fraction of sp³-hybridized carbons (Fsp3) is 0.100. The van der Waals surface area contributed by atoms with Crippen molar-refractivity contribution in [3.63, 3.8) is 0 Å². The summed E-state index contributed by atoms with van der Waals surface area (Å²) in [5.74, 6) is 0.964. The van der Waals surface area contributed by atoms with Crippen molar-refractivity contribution >= 4 is 34.3 Å². The first-order valence-corrected chi connectivity index (χ1v) is 9.39. The molecule has 150 valence electrons. The lowest BCUT2D eigenvalue weighted by Gasteiger charge is -2.08. The lowest BCUT2D eigenvalue weighted by atomic mass is 10.1. The zero-order chi connectivity index (χ0) is 20.7. The van der Waals surface area contributed by atoms with Crippen LogP contribution in [0.5, 0.6) is 5.75 Å². The molecule has 4 heterocycles. The summed E-state index contributed by atoms with van der Waals surface area (Å²) < 4.78 is 12.9. The smallest absolute Gasteiger partial charge is 0.320 e. The van der Waals surface area contributed by atoms with Crippen LogP contribution in [0.25, 0.3) is 33.6 Å². The van der Waals surface area contributed by atoms with E-state index in [2.05, 4.69) is 30.6 Å². The number of nitrogens with one attached hydrogen (secondary N) is 2. The van der Waals surface area contributed by atoms with Crippen LogP contribution < -0.4 is 10.1 Å². The molecule has 30 heavy (non-hydrogen) atoms. The number of ether oxygens (including phenoxy) is 1. The first kappa shape index (κ1) is 18.2. The number of anilines is 2. The van der Waals surface area contributed by atoms with E-state index in [-0.39, 0.29) is 6.01 Å². The number of aromatic amines is 1. The number of aryl methyl sites for hydroxylation is 1. The second kappa shape index (κ2) is 7.20. The Morgan fingerprint density at radius 3 is 2.87 bits per heavy atom. The van der Waals surface area contributed by atoms with Gasteiger partial charge in [-0.2, -0.15) is 5.10 Å². The van der Waals surface area contributed by atoms with Crippen molar-refractivity contribution in [2.75, 3.05) is 12.4 Å². The van der Waals surface area contributed by atoms with E-state index >= 15 is 0 Å². The number of aromatic nitrogens is 6. The van der Waals surface area contributed by atoms with E-state index in [1.54, 1.807) is 48.6 Å². The Labute approximate surface area is 175 Å². The lowest BCUT2D eigenvalue weighted by molar-refractivity contribution is 0.416. The third-order valence-corrected chi connectivity index (χ3v) is 4.86. The molecule has 0 amide bonds. The van der Waals surface area contributed by atoms with Crippen LogP contribution in [0.2, 0.25) is 5.02 Å². The average molecular weight is 422 g/mol. The third-order valence-electron chi connectivity index (χ3n) is 4.63. The summed E-state index contributed by atoms with van der Waals surface area (Å²) in [6, 6.07) is 7.45. The van der Waals surface area contributed by atoms with Gasteiger partial charge in [-0.1, -0.05) is 16.7 Å². The normalized spacial score (nSPS) is 11.2. The number of methoxy groups -OCH3 is 1. The van der Waals surface area contributed by atoms with Crippen molar-refractivity contribution in [1.29, 1.82) is 0 Å². The maximum absolute atomic E-state index is 6.08. The SMILES string of the molecule is COc1ccc(Cl)cc1Nc1nnc(-c2c[nH]c3ncc(-c4cnn(C)c4)cc23)o1. The van der Waals surface area contributed by atoms with Crippen LogP contribution in [0.4, 0.5) is 11.7 Å². The Morgan fingerprint density at radius 1 is 1.17 bits per heavy atom. The fourth-order valence-corrected chi connectivity index (χ4v) is 3.36. The third kappa shape index (κ3) is 3.25. The van der Waals surface area contributed by atoms with E-state index < -0.39 is 0 Å². The van der Waals surface area contributed by atoms with E-state index in [1.807, 2.05) is 19.3 Å². The van der Waals surface area contributed by atoms with Crippen LogP contribution in [0, 0.1) is 0 Å². The predicted octanol–water partition coefficient (Wildman–Crippen LogP) is 4.42. The summed E-state index contributed by atoms with van der Waals surface area (Å²) in [7, 11) is 3.45. The van der Waals surface area contributed by atoms with E-state index in [4.69, 9.17) is 20.8 Å². The van der Waals surface area contributed by atoms with Gasteiger partial charge in [-0.25, -0.2) is 4.98 Å². The van der Waals surface area contributed by atoms with E-state index in [0.29, 0.717) is 22.4 Å². The summed E-state index contributed by atoms with van der Waals surface area (Å²) >= 11 is 6.08. The number of benzene rings is 1. The van der Waals surface area contributed by atoms with E-state index in [0.717, 1.165) is 27.7 Å². The number of hydrogen-bond acceptors (Lipinski definition) is 7. The average Bonchev–Trinajstić information content (AvgIpc) is 3.47. The van der Waals surface area contributed by atoms with Crippen LogP contribution in [0.1, 0.15) is 0 Å². The summed E-state index contributed by atoms with van der Waals surface area (Å²) in [5, 5.41) is 17.0. The number of halogens is 1. The van der Waals surface area contributed by atoms with Crippen molar-refractivity contribution in [2.24, 2.45) is 7.05 Å². The first-order valence-electron chi connectivity index (χ1n) is 9.01. The Hall–Kier alpha value is -3.85. The minimum Gasteiger partial charge on any atom is -0.495 e. The van der Waals surface area contributed by atoms with E-state index in [1.165, 1.54) is 0 Å². The fourth-order valence-electron chi connectivity index (χ4n) is 3.18. The molecule has 0 aliphatic heterocycles. The molecule has 5 aromatic rings. The Bertz CT molecular complexity index is 1350. The van der Waals surface area contributed by atoms with Gasteiger partial charge in [0, 0.05) is 47.2 Å². The number of pyridine rings is 1. The summed E-state index contributed by atoms with van der Waals surface area (Å²) in [5.41, 5.74) is 4.02. The van der Waals surface area contributed by atoms with Gasteiger partial charge >= 0.3 is 6.01 Å². The number of H-pyrrole nitrogens is 1. The van der Waals surface area contributed by atoms with Crippen molar-refractivity contribution in [3.05, 3.63) is 54.1 Å². The molecule has 0 saturated carbocycles. The topological polar surface area (TPSA) is 107 Å². The van der Waals surface area contributed by atoms with Crippen LogP contribution in [0.3, 0.4) is 0 Å². The largest absolute Gasteiger partial charge is 0.495 e. The Morgan fingerprint density at radius 2 is 2.07 bits per heavy atom. The molecule has 0 unspecified atom stereocenters. The molecule has 10 heteroatoms. The monoisotopic (exact) mass is 421 g/mol. The van der Waals surface area contributed by atoms with Crippen molar-refractivity contribution < 1.29 is 9.15 Å². The zero-order valence-corrected chi connectivity index (χ0v) is 16.8. The van der Waals surface area contributed by atoms with Gasteiger partial charge in [0.25, 0.3) is 5.89 Å². The van der Waals surface area contributed by atoms with Gasteiger partial charge in [-0.15, -0.1) is 5.10 Å². The van der Waals surface area contributed by atoms with Gasteiger partial charge in [0.05, 0.1) is 24.6 Å². The molecule has 0 spiro atoms. The van der Waals surface area contributed by atoms with Crippen LogP contribution in [-0.4, -0.2) is 37.1 Å². The molecule has 4 aromatic heterocycles. The zero-order valence-electron chi connectivity index (χ0n) is 16.0. The van der Waals surface area contributed by atoms with Crippen molar-refractivity contribution in [1.82, 2.24) is 29.9 Å². The Balaban J connectivity index is 1.49. The predicted molar refractivity (Wildman–Crippen MR) is 113 cm³/mol. The molecule has 0 radical (unpaired) electrons. The summed E-state index contributed by atoms with van der Waals surface area (Å²) in [6.07, 6.45) is 7.32. The molecule has 0 bridgehead atoms. The highest BCUT2D eigenvalue weighted by molar-refractivity contribution is 6.31. The molecule has 0 aliphatic carbocycles. The van der Waals surface area contributed by atoms with Crippen LogP contribution in [-0.2, 0) is 7.05 Å². The first-order chi connectivity index (χ1) is 14.6. The van der Waals surface area contributed by atoms with E-state index in [9.17, 15) is 0 Å². The molecule has 0 saturated heterocycles. The molecule has 0 aliphatic rings. The van der Waals surface area contributed by atoms with Gasteiger partial charge in [0.15, 0.2) is 0 Å². The molecular formula is C20H16ClN7O2. The lowest BCUT2D eigenvalue weighted by Crippen LogP contribution is -1.94. The number of nitrogens with zero attached hydrogens (tertiary/aromatic N) is 5. The van der Waals surface area contributed by atoms with Crippen molar-refractivity contribution in [3.8, 4) is 28.3 Å². The van der Waals surface area contributed by atoms with Crippen LogP contribution >= 0.6 is 11.6 Å². The highest BCUT2D eigenvalue weighted by Crippen LogP contribution is 2.33. The minimum absolute atomic E-state index is 0.219. The van der Waals surface area contributed by atoms with Gasteiger partial charge in [0.1, 0.15) is 11.4 Å². The summed E-state index contributed by atoms with van der Waals surface area (Å²) in [6.45, 7) is 0. The Kier molecular flexibility index (Phi) is 4.36. The van der Waals surface area contributed by atoms with Crippen molar-refractivity contribution in [2.45, 2.75) is 0 Å². The molecule has 1 aromatic carbocycles. The maximum Gasteiger partial charge on any atom is 0.320 e. The quantitative estimate of drug-likeness (QED) is 0.432. The molecule has 5 rings (SSSR count). The maximum atomic E-state index is 6.08. The highest BCUT2D eigenvalue weighted by atomic mass is 35.5. The summed E-state index contributed by atoms with van der Waals surface area (Å²) in [4.78, 5) is 7.63. The molecule has 0 atom stereocenters.